The normalized spacial score (nSPS) is 8.43. The van der Waals surface area contributed by atoms with Crippen LogP contribution in [-0.4, -0.2) is 25.7 Å². The lowest BCUT2D eigenvalue weighted by Crippen LogP contribution is -3.00. The topological polar surface area (TPSA) is 42.9 Å². The second kappa shape index (κ2) is 10.3. The maximum Gasteiger partial charge on any atom is 0.330 e. The second-order valence-corrected chi connectivity index (χ2v) is 2.97. The van der Waals surface area contributed by atoms with Crippen molar-refractivity contribution in [3.05, 3.63) is 24.3 Å². The molecule has 14 heavy (non-hydrogen) atoms. The molecule has 0 atom stereocenters. The lowest BCUT2D eigenvalue weighted by atomic mass is 10.3. The lowest BCUT2D eigenvalue weighted by molar-refractivity contribution is -0.647. The number of halogens is 1. The van der Waals surface area contributed by atoms with Gasteiger partial charge in [0.15, 0.2) is 0 Å². The molecule has 2 N–H and O–H groups in total. The summed E-state index contributed by atoms with van der Waals surface area (Å²) >= 11 is 0. The van der Waals surface area contributed by atoms with E-state index in [-0.39, 0.29) is 18.4 Å². The van der Waals surface area contributed by atoms with Gasteiger partial charge in [-0.05, 0) is 19.9 Å². The van der Waals surface area contributed by atoms with Crippen LogP contribution in [0.5, 0.6) is 0 Å². The van der Waals surface area contributed by atoms with Crippen molar-refractivity contribution < 1.29 is 27.3 Å². The molecule has 0 aromatic heterocycles. The Morgan fingerprint density at radius 3 is 2.64 bits per heavy atom. The molecule has 82 valence electrons. The van der Waals surface area contributed by atoms with Crippen LogP contribution in [0.1, 0.15) is 13.8 Å². The van der Waals surface area contributed by atoms with Crippen LogP contribution in [0.4, 0.5) is 0 Å². The van der Waals surface area contributed by atoms with Gasteiger partial charge in [-0.25, -0.2) is 4.79 Å². The Hall–Kier alpha value is -0.800. The van der Waals surface area contributed by atoms with E-state index in [0.717, 1.165) is 13.1 Å². The first kappa shape index (κ1) is 15.7. The number of esters is 1. The van der Waals surface area contributed by atoms with Crippen molar-refractivity contribution in [1.82, 2.24) is 0 Å². The molecule has 0 aromatic carbocycles. The SMILES string of the molecule is C=CC(=O)OCC[NH2+]CC=C(C)C.[Cl-]. The van der Waals surface area contributed by atoms with E-state index in [1.54, 1.807) is 0 Å². The molecule has 0 saturated heterocycles. The minimum Gasteiger partial charge on any atom is -1.00 e. The van der Waals surface area contributed by atoms with Crippen LogP contribution >= 0.6 is 0 Å². The van der Waals surface area contributed by atoms with Crippen molar-refractivity contribution in [2.24, 2.45) is 0 Å². The van der Waals surface area contributed by atoms with Crippen LogP contribution in [0, 0.1) is 0 Å². The lowest BCUT2D eigenvalue weighted by Gasteiger charge is -1.99. The molecule has 0 bridgehead atoms. The molecule has 0 aliphatic rings. The maximum absolute atomic E-state index is 10.6. The fourth-order valence-corrected chi connectivity index (χ4v) is 0.739. The Morgan fingerprint density at radius 1 is 1.50 bits per heavy atom. The highest BCUT2D eigenvalue weighted by Crippen LogP contribution is 1.82. The average molecular weight is 220 g/mol. The van der Waals surface area contributed by atoms with Crippen LogP contribution in [0.2, 0.25) is 0 Å². The van der Waals surface area contributed by atoms with Crippen molar-refractivity contribution in [1.29, 1.82) is 0 Å². The number of hydrogen-bond acceptors (Lipinski definition) is 2. The summed E-state index contributed by atoms with van der Waals surface area (Å²) in [7, 11) is 0. The third kappa shape index (κ3) is 11.2. The summed E-state index contributed by atoms with van der Waals surface area (Å²) in [6, 6.07) is 0. The first-order valence-electron chi connectivity index (χ1n) is 4.41. The summed E-state index contributed by atoms with van der Waals surface area (Å²) in [5, 5.41) is 2.09. The Balaban J connectivity index is 0. The molecular formula is C10H18ClNO2. The zero-order valence-corrected chi connectivity index (χ0v) is 9.51. The number of quaternary nitrogens is 1. The highest BCUT2D eigenvalue weighted by molar-refractivity contribution is 5.81. The van der Waals surface area contributed by atoms with E-state index in [1.807, 2.05) is 0 Å². The fraction of sp³-hybridized carbons (Fsp3) is 0.500. The summed E-state index contributed by atoms with van der Waals surface area (Å²) in [6.45, 7) is 9.61. The van der Waals surface area contributed by atoms with Crippen molar-refractivity contribution >= 4 is 5.97 Å². The highest BCUT2D eigenvalue weighted by Gasteiger charge is 1.94. The van der Waals surface area contributed by atoms with Crippen LogP contribution in [-0.2, 0) is 9.53 Å². The summed E-state index contributed by atoms with van der Waals surface area (Å²) in [6.07, 6.45) is 3.31. The number of nitrogens with two attached hydrogens (primary N) is 1. The van der Waals surface area contributed by atoms with Gasteiger partial charge in [-0.15, -0.1) is 0 Å². The van der Waals surface area contributed by atoms with Gasteiger partial charge in [0.1, 0.15) is 13.2 Å². The van der Waals surface area contributed by atoms with Gasteiger partial charge in [-0.3, -0.25) is 0 Å². The van der Waals surface area contributed by atoms with Crippen molar-refractivity contribution in [3.63, 3.8) is 0 Å². The van der Waals surface area contributed by atoms with Gasteiger partial charge in [0, 0.05) is 6.08 Å². The molecule has 3 nitrogen and oxygen atoms in total. The Kier molecular flexibility index (Phi) is 11.5. The number of hydrogen-bond donors (Lipinski definition) is 1. The maximum atomic E-state index is 10.6. The summed E-state index contributed by atoms with van der Waals surface area (Å²) < 4.78 is 4.79. The van der Waals surface area contributed by atoms with Gasteiger partial charge in [-0.1, -0.05) is 12.2 Å². The third-order valence-corrected chi connectivity index (χ3v) is 1.43. The fourth-order valence-electron chi connectivity index (χ4n) is 0.739. The van der Waals surface area contributed by atoms with Crippen molar-refractivity contribution in [3.8, 4) is 0 Å². The minimum absolute atomic E-state index is 0. The summed E-state index contributed by atoms with van der Waals surface area (Å²) in [4.78, 5) is 10.6. The molecule has 0 radical (unpaired) electrons. The standard InChI is InChI=1S/C10H17NO2.ClH/c1-4-10(12)13-8-7-11-6-5-9(2)3;/h4-5,11H,1,6-8H2,2-3H3;1H. The zero-order valence-electron chi connectivity index (χ0n) is 8.75. The van der Waals surface area contributed by atoms with Crippen LogP contribution in [0.15, 0.2) is 24.3 Å². The summed E-state index contributed by atoms with van der Waals surface area (Å²) in [5.41, 5.74) is 1.30. The van der Waals surface area contributed by atoms with Gasteiger partial charge >= 0.3 is 5.97 Å². The number of carbonyl (C=O) groups excluding carboxylic acids is 1. The molecule has 0 aliphatic heterocycles. The molecule has 0 saturated carbocycles. The van der Waals surface area contributed by atoms with Crippen LogP contribution < -0.4 is 17.7 Å². The van der Waals surface area contributed by atoms with Crippen LogP contribution in [0.3, 0.4) is 0 Å². The monoisotopic (exact) mass is 219 g/mol. The van der Waals surface area contributed by atoms with Gasteiger partial charge in [0.2, 0.25) is 0 Å². The van der Waals surface area contributed by atoms with E-state index in [2.05, 4.69) is 31.8 Å². The van der Waals surface area contributed by atoms with Gasteiger partial charge in [0.05, 0.1) is 6.54 Å². The average Bonchev–Trinajstić information content (AvgIpc) is 2.10. The molecule has 0 unspecified atom stereocenters. The molecule has 0 rings (SSSR count). The molecule has 4 heteroatoms. The summed E-state index contributed by atoms with van der Waals surface area (Å²) in [5.74, 6) is -0.351. The van der Waals surface area contributed by atoms with Gasteiger partial charge in [0.25, 0.3) is 0 Å². The number of ether oxygens (including phenoxy) is 1. The van der Waals surface area contributed by atoms with E-state index in [1.165, 1.54) is 11.6 Å². The van der Waals surface area contributed by atoms with Gasteiger partial charge < -0.3 is 22.5 Å². The van der Waals surface area contributed by atoms with Crippen molar-refractivity contribution in [2.45, 2.75) is 13.8 Å². The Labute approximate surface area is 91.6 Å². The number of rotatable bonds is 6. The second-order valence-electron chi connectivity index (χ2n) is 2.97. The molecule has 0 amide bonds. The quantitative estimate of drug-likeness (QED) is 0.228. The third-order valence-electron chi connectivity index (χ3n) is 1.43. The van der Waals surface area contributed by atoms with Crippen LogP contribution in [0.25, 0.3) is 0 Å². The Morgan fingerprint density at radius 2 is 2.14 bits per heavy atom. The van der Waals surface area contributed by atoms with Crippen molar-refractivity contribution in [2.75, 3.05) is 19.7 Å². The molecule has 0 aromatic rings. The van der Waals surface area contributed by atoms with E-state index in [4.69, 9.17) is 4.74 Å². The van der Waals surface area contributed by atoms with E-state index < -0.39 is 0 Å². The first-order valence-corrected chi connectivity index (χ1v) is 4.41. The molecule has 0 fully saturated rings. The molecule has 0 aliphatic carbocycles. The molecule has 0 heterocycles. The predicted octanol–water partition coefficient (Wildman–Crippen LogP) is -2.75. The smallest absolute Gasteiger partial charge is 0.330 e. The van der Waals surface area contributed by atoms with Gasteiger partial charge in [-0.2, -0.15) is 0 Å². The number of allylic oxidation sites excluding steroid dienone is 1. The molecule has 0 spiro atoms. The minimum atomic E-state index is -0.351. The van der Waals surface area contributed by atoms with E-state index >= 15 is 0 Å². The van der Waals surface area contributed by atoms with E-state index in [0.29, 0.717) is 6.61 Å². The highest BCUT2D eigenvalue weighted by atomic mass is 35.5. The Bertz CT molecular complexity index is 198. The van der Waals surface area contributed by atoms with E-state index in [9.17, 15) is 4.79 Å². The predicted molar refractivity (Wildman–Crippen MR) is 52.2 cm³/mol. The number of carbonyl (C=O) groups is 1. The molecular weight excluding hydrogens is 202 g/mol. The zero-order chi connectivity index (χ0) is 10.1. The first-order chi connectivity index (χ1) is 6.16. The largest absolute Gasteiger partial charge is 1.00 e.